The van der Waals surface area contributed by atoms with Crippen LogP contribution in [-0.2, 0) is 6.42 Å². The van der Waals surface area contributed by atoms with Crippen LogP contribution in [0.1, 0.15) is 29.0 Å². The second kappa shape index (κ2) is 7.47. The molecular weight excluding hydrogens is 326 g/mol. The monoisotopic (exact) mass is 347 g/mol. The van der Waals surface area contributed by atoms with Crippen molar-refractivity contribution in [3.8, 4) is 5.69 Å². The van der Waals surface area contributed by atoms with Gasteiger partial charge >= 0.3 is 0 Å². The van der Waals surface area contributed by atoms with Gasteiger partial charge in [0, 0.05) is 37.6 Å². The van der Waals surface area contributed by atoms with E-state index in [0.717, 1.165) is 43.9 Å². The van der Waals surface area contributed by atoms with Gasteiger partial charge in [-0.15, -0.1) is 10.2 Å². The number of pyridine rings is 1. The van der Waals surface area contributed by atoms with E-state index in [1.807, 2.05) is 45.9 Å². The van der Waals surface area contributed by atoms with Gasteiger partial charge in [0.2, 0.25) is 0 Å². The second-order valence-electron chi connectivity index (χ2n) is 6.66. The van der Waals surface area contributed by atoms with Gasteiger partial charge in [-0.1, -0.05) is 18.2 Å². The summed E-state index contributed by atoms with van der Waals surface area (Å²) in [5, 5.41) is 8.40. The summed E-state index contributed by atoms with van der Waals surface area (Å²) in [6.45, 7) is 1.55. The van der Waals surface area contributed by atoms with E-state index in [1.54, 1.807) is 24.8 Å². The average molecular weight is 347 g/mol. The fraction of sp³-hybridized carbons (Fsp3) is 0.300. The maximum absolute atomic E-state index is 12.7. The Hall–Kier alpha value is -3.02. The lowest BCUT2D eigenvalue weighted by Crippen LogP contribution is -2.40. The van der Waals surface area contributed by atoms with Crippen LogP contribution in [0.5, 0.6) is 0 Å². The molecule has 1 aliphatic rings. The Morgan fingerprint density at radius 1 is 1.15 bits per heavy atom. The lowest BCUT2D eigenvalue weighted by Gasteiger charge is -2.32. The number of amides is 1. The highest BCUT2D eigenvalue weighted by atomic mass is 16.2. The van der Waals surface area contributed by atoms with E-state index in [4.69, 9.17) is 0 Å². The van der Waals surface area contributed by atoms with E-state index in [1.165, 1.54) is 0 Å². The van der Waals surface area contributed by atoms with Crippen LogP contribution in [0.3, 0.4) is 0 Å². The van der Waals surface area contributed by atoms with Crippen LogP contribution in [0.2, 0.25) is 0 Å². The Morgan fingerprint density at radius 2 is 2.04 bits per heavy atom. The van der Waals surface area contributed by atoms with Gasteiger partial charge in [-0.05, 0) is 43.0 Å². The number of benzene rings is 1. The predicted molar refractivity (Wildman–Crippen MR) is 97.9 cm³/mol. The number of aromatic nitrogens is 4. The van der Waals surface area contributed by atoms with Crippen LogP contribution in [0, 0.1) is 5.92 Å². The van der Waals surface area contributed by atoms with Crippen LogP contribution < -0.4 is 0 Å². The van der Waals surface area contributed by atoms with Crippen molar-refractivity contribution in [2.24, 2.45) is 5.92 Å². The van der Waals surface area contributed by atoms with Crippen molar-refractivity contribution < 1.29 is 4.79 Å². The van der Waals surface area contributed by atoms with Gasteiger partial charge in [0.05, 0.1) is 5.56 Å². The predicted octanol–water partition coefficient (Wildman–Crippen LogP) is 2.76. The molecule has 0 N–H and O–H groups in total. The highest BCUT2D eigenvalue weighted by molar-refractivity contribution is 5.93. The zero-order valence-electron chi connectivity index (χ0n) is 14.5. The molecule has 3 heterocycles. The van der Waals surface area contributed by atoms with Gasteiger partial charge in [-0.25, -0.2) is 0 Å². The molecule has 1 saturated heterocycles. The molecule has 1 aliphatic heterocycles. The van der Waals surface area contributed by atoms with Gasteiger partial charge in [0.1, 0.15) is 12.2 Å². The molecule has 0 aliphatic carbocycles. The van der Waals surface area contributed by atoms with Gasteiger partial charge in [-0.3, -0.25) is 14.3 Å². The van der Waals surface area contributed by atoms with E-state index < -0.39 is 0 Å². The van der Waals surface area contributed by atoms with Crippen molar-refractivity contribution in [2.75, 3.05) is 13.1 Å². The van der Waals surface area contributed by atoms with Crippen molar-refractivity contribution in [1.29, 1.82) is 0 Å². The summed E-state index contributed by atoms with van der Waals surface area (Å²) in [4.78, 5) is 18.7. The fourth-order valence-corrected chi connectivity index (χ4v) is 3.55. The molecule has 132 valence electrons. The molecule has 1 atom stereocenters. The maximum Gasteiger partial charge on any atom is 0.255 e. The van der Waals surface area contributed by atoms with E-state index in [0.29, 0.717) is 11.5 Å². The highest BCUT2D eigenvalue weighted by Gasteiger charge is 2.26. The Bertz CT molecular complexity index is 862. The molecule has 2 aromatic heterocycles. The standard InChI is InChI=1S/C20H21N5O/c26-20(17-7-4-10-21-13-17)24-11-5-6-16(14-24)12-19-23-22-15-25(19)18-8-2-1-3-9-18/h1-4,7-10,13,15-16H,5-6,11-12,14H2. The van der Waals surface area contributed by atoms with Crippen molar-refractivity contribution in [3.63, 3.8) is 0 Å². The molecule has 3 aromatic rings. The summed E-state index contributed by atoms with van der Waals surface area (Å²) in [6.07, 6.45) is 8.00. The van der Waals surface area contributed by atoms with Gasteiger partial charge < -0.3 is 4.90 Å². The number of likely N-dealkylation sites (tertiary alicyclic amines) is 1. The Kier molecular flexibility index (Phi) is 4.73. The molecule has 0 saturated carbocycles. The number of rotatable bonds is 4. The van der Waals surface area contributed by atoms with Crippen molar-refractivity contribution in [1.82, 2.24) is 24.6 Å². The molecule has 6 nitrogen and oxygen atoms in total. The highest BCUT2D eigenvalue weighted by Crippen LogP contribution is 2.22. The summed E-state index contributed by atoms with van der Waals surface area (Å²) in [5.41, 5.74) is 1.72. The molecule has 6 heteroatoms. The largest absolute Gasteiger partial charge is 0.338 e. The first-order chi connectivity index (χ1) is 12.8. The van der Waals surface area contributed by atoms with Gasteiger partial charge in [0.25, 0.3) is 5.91 Å². The molecule has 1 amide bonds. The third-order valence-electron chi connectivity index (χ3n) is 4.84. The van der Waals surface area contributed by atoms with E-state index in [2.05, 4.69) is 15.2 Å². The van der Waals surface area contributed by atoms with Gasteiger partial charge in [-0.2, -0.15) is 0 Å². The minimum absolute atomic E-state index is 0.0623. The Labute approximate surface area is 152 Å². The molecule has 1 fully saturated rings. The van der Waals surface area contributed by atoms with Crippen LogP contribution in [0.15, 0.2) is 61.2 Å². The summed E-state index contributed by atoms with van der Waals surface area (Å²) in [7, 11) is 0. The molecule has 0 spiro atoms. The minimum atomic E-state index is 0.0623. The molecule has 0 radical (unpaired) electrons. The van der Waals surface area contributed by atoms with Crippen LogP contribution in [-0.4, -0.2) is 43.6 Å². The van der Waals surface area contributed by atoms with Crippen LogP contribution in [0.25, 0.3) is 5.69 Å². The van der Waals surface area contributed by atoms with Crippen molar-refractivity contribution >= 4 is 5.91 Å². The zero-order valence-corrected chi connectivity index (χ0v) is 14.5. The fourth-order valence-electron chi connectivity index (χ4n) is 3.55. The summed E-state index contributed by atoms with van der Waals surface area (Å²) >= 11 is 0. The number of nitrogens with zero attached hydrogens (tertiary/aromatic N) is 5. The first-order valence-corrected chi connectivity index (χ1v) is 8.95. The summed E-state index contributed by atoms with van der Waals surface area (Å²) < 4.78 is 2.03. The number of hydrogen-bond donors (Lipinski definition) is 0. The van der Waals surface area contributed by atoms with E-state index in [9.17, 15) is 4.79 Å². The first-order valence-electron chi connectivity index (χ1n) is 8.95. The Balaban J connectivity index is 1.47. The van der Waals surface area contributed by atoms with Crippen LogP contribution >= 0.6 is 0 Å². The normalized spacial score (nSPS) is 17.2. The first kappa shape index (κ1) is 16.4. The lowest BCUT2D eigenvalue weighted by atomic mass is 9.94. The minimum Gasteiger partial charge on any atom is -0.338 e. The van der Waals surface area contributed by atoms with Gasteiger partial charge in [0.15, 0.2) is 0 Å². The summed E-state index contributed by atoms with van der Waals surface area (Å²) in [6, 6.07) is 13.7. The maximum atomic E-state index is 12.7. The molecule has 0 bridgehead atoms. The third-order valence-corrected chi connectivity index (χ3v) is 4.84. The zero-order chi connectivity index (χ0) is 17.8. The summed E-state index contributed by atoms with van der Waals surface area (Å²) in [5.74, 6) is 1.39. The molecule has 26 heavy (non-hydrogen) atoms. The van der Waals surface area contributed by atoms with E-state index >= 15 is 0 Å². The number of hydrogen-bond acceptors (Lipinski definition) is 4. The SMILES string of the molecule is O=C(c1cccnc1)N1CCCC(Cc2nncn2-c2ccccc2)C1. The number of carbonyl (C=O) groups is 1. The number of carbonyl (C=O) groups excluding carboxylic acids is 1. The second-order valence-corrected chi connectivity index (χ2v) is 6.66. The molecule has 1 aromatic carbocycles. The number of piperidine rings is 1. The van der Waals surface area contributed by atoms with Crippen molar-refractivity contribution in [2.45, 2.75) is 19.3 Å². The quantitative estimate of drug-likeness (QED) is 0.728. The Morgan fingerprint density at radius 3 is 2.85 bits per heavy atom. The topological polar surface area (TPSA) is 63.9 Å². The van der Waals surface area contributed by atoms with Crippen molar-refractivity contribution in [3.05, 3.63) is 72.6 Å². The average Bonchev–Trinajstić information content (AvgIpc) is 3.17. The lowest BCUT2D eigenvalue weighted by molar-refractivity contribution is 0.0671. The molecule has 4 rings (SSSR count). The number of para-hydroxylation sites is 1. The van der Waals surface area contributed by atoms with E-state index in [-0.39, 0.29) is 5.91 Å². The molecular formula is C20H21N5O. The smallest absolute Gasteiger partial charge is 0.255 e. The molecule has 1 unspecified atom stereocenters. The third kappa shape index (κ3) is 3.49. The van der Waals surface area contributed by atoms with Crippen LogP contribution in [0.4, 0.5) is 0 Å².